The minimum atomic E-state index is -0.819. The summed E-state index contributed by atoms with van der Waals surface area (Å²) in [6, 6.07) is 8.65. The Morgan fingerprint density at radius 1 is 1.31 bits per heavy atom. The molecule has 0 spiro atoms. The van der Waals surface area contributed by atoms with E-state index in [0.717, 1.165) is 0 Å². The van der Waals surface area contributed by atoms with Crippen LogP contribution in [-0.4, -0.2) is 6.16 Å². The quantitative estimate of drug-likeness (QED) is 0.373. The van der Waals surface area contributed by atoms with Crippen LogP contribution in [-0.2, 0) is 4.74 Å². The van der Waals surface area contributed by atoms with E-state index in [1.807, 2.05) is 6.07 Å². The lowest BCUT2D eigenvalue weighted by Crippen LogP contribution is -2.06. The molecule has 0 fully saturated rings. The molecular weight excluding hydrogens is 168 g/mol. The fourth-order valence-corrected chi connectivity index (χ4v) is 0.698. The molecule has 1 aromatic rings. The molecule has 0 aromatic heterocycles. The number of carbonyl (C=O) groups excluding carboxylic acids is 1. The summed E-state index contributed by atoms with van der Waals surface area (Å²) in [7, 11) is 0. The van der Waals surface area contributed by atoms with E-state index in [-0.39, 0.29) is 0 Å². The molecule has 0 aliphatic carbocycles. The Bertz CT molecular complexity index is 332. The van der Waals surface area contributed by atoms with Gasteiger partial charge in [0.15, 0.2) is 0 Å². The monoisotopic (exact) mass is 176 g/mol. The van der Waals surface area contributed by atoms with Crippen LogP contribution in [0.3, 0.4) is 0 Å². The van der Waals surface area contributed by atoms with E-state index < -0.39 is 6.16 Å². The lowest BCUT2D eigenvalue weighted by atomic mass is 10.3. The van der Waals surface area contributed by atoms with Gasteiger partial charge in [-0.3, -0.25) is 0 Å². The van der Waals surface area contributed by atoms with Gasteiger partial charge >= 0.3 is 6.16 Å². The van der Waals surface area contributed by atoms with E-state index in [0.29, 0.717) is 5.75 Å². The fourth-order valence-electron chi connectivity index (χ4n) is 0.698. The summed E-state index contributed by atoms with van der Waals surface area (Å²) in [6.45, 7) is 1.57. The number of hydrogen-bond donors (Lipinski definition) is 0. The summed E-state index contributed by atoms with van der Waals surface area (Å²) in [5.41, 5.74) is 0. The summed E-state index contributed by atoms with van der Waals surface area (Å²) in [4.78, 5) is 10.8. The zero-order valence-electron chi connectivity index (χ0n) is 7.11. The summed E-state index contributed by atoms with van der Waals surface area (Å²) < 4.78 is 9.13. The van der Waals surface area contributed by atoms with Crippen molar-refractivity contribution < 1.29 is 14.3 Å². The van der Waals surface area contributed by atoms with Crippen molar-refractivity contribution in [3.63, 3.8) is 0 Å². The number of benzene rings is 1. The van der Waals surface area contributed by atoms with Gasteiger partial charge in [0.2, 0.25) is 0 Å². The Balaban J connectivity index is 2.49. The number of carbonyl (C=O) groups is 1. The molecule has 66 valence electrons. The number of ether oxygens (including phenoxy) is 2. The Hall–Kier alpha value is -1.95. The van der Waals surface area contributed by atoms with Crippen molar-refractivity contribution in [1.29, 1.82) is 0 Å². The van der Waals surface area contributed by atoms with Gasteiger partial charge in [0, 0.05) is 6.92 Å². The second-order valence-corrected chi connectivity index (χ2v) is 2.12. The summed E-state index contributed by atoms with van der Waals surface area (Å²) in [5.74, 6) is 2.85. The van der Waals surface area contributed by atoms with Gasteiger partial charge in [-0.05, 0) is 12.1 Å². The molecule has 0 aliphatic heterocycles. The van der Waals surface area contributed by atoms with Gasteiger partial charge in [-0.2, -0.15) is 0 Å². The van der Waals surface area contributed by atoms with E-state index >= 15 is 0 Å². The first-order valence-corrected chi connectivity index (χ1v) is 3.68. The van der Waals surface area contributed by atoms with E-state index in [9.17, 15) is 4.79 Å². The van der Waals surface area contributed by atoms with Crippen LogP contribution in [0.15, 0.2) is 30.3 Å². The van der Waals surface area contributed by atoms with Crippen molar-refractivity contribution in [3.8, 4) is 17.8 Å². The van der Waals surface area contributed by atoms with Gasteiger partial charge in [-0.15, -0.1) is 0 Å². The van der Waals surface area contributed by atoms with Crippen molar-refractivity contribution in [2.45, 2.75) is 6.92 Å². The standard InChI is InChI=1S/C10H8O3/c1-2-8-12-10(11)13-9-6-4-3-5-7-9/h3-7H,1H3. The molecule has 3 nitrogen and oxygen atoms in total. The third-order valence-corrected chi connectivity index (χ3v) is 1.18. The Morgan fingerprint density at radius 2 is 2.00 bits per heavy atom. The lowest BCUT2D eigenvalue weighted by Gasteiger charge is -1.98. The van der Waals surface area contributed by atoms with Crippen molar-refractivity contribution in [3.05, 3.63) is 30.3 Å². The number of hydrogen-bond acceptors (Lipinski definition) is 3. The van der Waals surface area contributed by atoms with Crippen molar-refractivity contribution in [1.82, 2.24) is 0 Å². The Labute approximate surface area is 76.3 Å². The van der Waals surface area contributed by atoms with Crippen LogP contribution in [0.25, 0.3) is 0 Å². The van der Waals surface area contributed by atoms with Crippen LogP contribution in [0.4, 0.5) is 4.79 Å². The van der Waals surface area contributed by atoms with E-state index in [4.69, 9.17) is 4.74 Å². The molecule has 0 bridgehead atoms. The smallest absolute Gasteiger partial charge is 0.394 e. The third-order valence-electron chi connectivity index (χ3n) is 1.18. The Morgan fingerprint density at radius 3 is 2.62 bits per heavy atom. The van der Waals surface area contributed by atoms with Gasteiger partial charge in [0.05, 0.1) is 0 Å². The molecule has 0 amide bonds. The van der Waals surface area contributed by atoms with Crippen LogP contribution in [0.2, 0.25) is 0 Å². The van der Waals surface area contributed by atoms with Gasteiger partial charge in [0.1, 0.15) is 11.9 Å². The highest BCUT2D eigenvalue weighted by Crippen LogP contribution is 2.08. The maximum absolute atomic E-state index is 10.8. The molecule has 3 heteroatoms. The predicted octanol–water partition coefficient (Wildman–Crippen LogP) is 2.18. The largest absolute Gasteiger partial charge is 0.528 e. The van der Waals surface area contributed by atoms with Crippen LogP contribution in [0.1, 0.15) is 6.92 Å². The zero-order chi connectivity index (χ0) is 9.52. The van der Waals surface area contributed by atoms with Crippen molar-refractivity contribution in [2.24, 2.45) is 0 Å². The van der Waals surface area contributed by atoms with E-state index in [2.05, 4.69) is 16.8 Å². The van der Waals surface area contributed by atoms with Gasteiger partial charge in [0.25, 0.3) is 0 Å². The molecule has 0 saturated heterocycles. The number of para-hydroxylation sites is 1. The minimum absolute atomic E-state index is 0.436. The highest BCUT2D eigenvalue weighted by atomic mass is 16.7. The highest BCUT2D eigenvalue weighted by Gasteiger charge is 2.02. The SMILES string of the molecule is CC#COC(=O)Oc1ccccc1. The molecule has 0 aliphatic rings. The summed E-state index contributed by atoms with van der Waals surface area (Å²) >= 11 is 0. The highest BCUT2D eigenvalue weighted by molar-refractivity contribution is 5.64. The molecular formula is C10H8O3. The fraction of sp³-hybridized carbons (Fsp3) is 0.100. The van der Waals surface area contributed by atoms with E-state index in [1.165, 1.54) is 0 Å². The first-order valence-electron chi connectivity index (χ1n) is 3.68. The predicted molar refractivity (Wildman–Crippen MR) is 47.0 cm³/mol. The lowest BCUT2D eigenvalue weighted by molar-refractivity contribution is 0.142. The first kappa shape index (κ1) is 9.14. The molecule has 1 aromatic carbocycles. The van der Waals surface area contributed by atoms with Crippen molar-refractivity contribution >= 4 is 6.16 Å². The zero-order valence-corrected chi connectivity index (χ0v) is 7.11. The van der Waals surface area contributed by atoms with Crippen LogP contribution in [0.5, 0.6) is 5.75 Å². The molecule has 1 rings (SSSR count). The van der Waals surface area contributed by atoms with Gasteiger partial charge in [-0.25, -0.2) is 4.79 Å². The van der Waals surface area contributed by atoms with Crippen LogP contribution < -0.4 is 4.74 Å². The number of rotatable bonds is 1. The second-order valence-electron chi connectivity index (χ2n) is 2.12. The molecule has 0 heterocycles. The minimum Gasteiger partial charge on any atom is -0.394 e. The van der Waals surface area contributed by atoms with Gasteiger partial charge in [-0.1, -0.05) is 24.1 Å². The molecule has 0 unspecified atom stereocenters. The second kappa shape index (κ2) is 4.83. The van der Waals surface area contributed by atoms with Gasteiger partial charge < -0.3 is 9.47 Å². The summed E-state index contributed by atoms with van der Waals surface area (Å²) in [5, 5.41) is 0. The van der Waals surface area contributed by atoms with Crippen LogP contribution in [0, 0.1) is 12.0 Å². The maximum atomic E-state index is 10.8. The normalized spacial score (nSPS) is 8.08. The summed E-state index contributed by atoms with van der Waals surface area (Å²) in [6.07, 6.45) is 1.32. The third kappa shape index (κ3) is 3.30. The topological polar surface area (TPSA) is 35.5 Å². The molecule has 13 heavy (non-hydrogen) atoms. The molecule has 0 atom stereocenters. The molecule has 0 saturated carbocycles. The molecule has 0 radical (unpaired) electrons. The maximum Gasteiger partial charge on any atom is 0.528 e. The average Bonchev–Trinajstić information content (AvgIpc) is 2.16. The van der Waals surface area contributed by atoms with Crippen LogP contribution >= 0.6 is 0 Å². The average molecular weight is 176 g/mol. The van der Waals surface area contributed by atoms with Crippen molar-refractivity contribution in [2.75, 3.05) is 0 Å². The molecule has 0 N–H and O–H groups in total. The Kier molecular flexibility index (Phi) is 3.40. The van der Waals surface area contributed by atoms with E-state index in [1.54, 1.807) is 31.2 Å². The first-order chi connectivity index (χ1) is 6.33.